The van der Waals surface area contributed by atoms with Gasteiger partial charge in [-0.2, -0.15) is 0 Å². The number of hydrogen-bond acceptors (Lipinski definition) is 4. The first-order valence-electron chi connectivity index (χ1n) is 10.8. The lowest BCUT2D eigenvalue weighted by Crippen LogP contribution is -2.16. The van der Waals surface area contributed by atoms with Gasteiger partial charge in [0.05, 0.1) is 5.71 Å². The molecule has 1 aromatic heterocycles. The van der Waals surface area contributed by atoms with E-state index in [4.69, 9.17) is 0 Å². The van der Waals surface area contributed by atoms with Gasteiger partial charge in [0.1, 0.15) is 0 Å². The minimum absolute atomic E-state index is 0.0955. The smallest absolute Gasteiger partial charge is 0.0878 e. The molecular formula is C27H29N3O. The Kier molecular flexibility index (Phi) is 6.46. The van der Waals surface area contributed by atoms with Crippen LogP contribution in [-0.4, -0.2) is 22.4 Å². The summed E-state index contributed by atoms with van der Waals surface area (Å²) in [5, 5.41) is 16.8. The predicted octanol–water partition coefficient (Wildman–Crippen LogP) is 5.69. The molecule has 0 saturated carbocycles. The number of aryl methyl sites for hydroxylation is 2. The quantitative estimate of drug-likeness (QED) is 0.311. The minimum atomic E-state index is 0.0955. The van der Waals surface area contributed by atoms with Crippen molar-refractivity contribution in [2.75, 3.05) is 6.54 Å². The molecule has 0 radical (unpaired) electrons. The Hall–Kier alpha value is -3.40. The lowest BCUT2D eigenvalue weighted by molar-refractivity contribution is 0.317. The second-order valence-corrected chi connectivity index (χ2v) is 8.22. The van der Waals surface area contributed by atoms with Crippen LogP contribution >= 0.6 is 0 Å². The van der Waals surface area contributed by atoms with E-state index in [1.807, 2.05) is 19.1 Å². The molecule has 0 bridgehead atoms. The fraction of sp³-hybridized carbons (Fsp3) is 0.259. The Labute approximate surface area is 184 Å². The Bertz CT molecular complexity index is 1090. The number of rotatable bonds is 6. The molecule has 158 valence electrons. The van der Waals surface area contributed by atoms with E-state index in [2.05, 4.69) is 83.2 Å². The molecule has 0 spiro atoms. The first-order chi connectivity index (χ1) is 15.2. The third kappa shape index (κ3) is 4.85. The van der Waals surface area contributed by atoms with E-state index >= 15 is 0 Å². The largest absolute Gasteiger partial charge is 0.411 e. The minimum Gasteiger partial charge on any atom is -0.411 e. The Morgan fingerprint density at radius 2 is 1.94 bits per heavy atom. The summed E-state index contributed by atoms with van der Waals surface area (Å²) >= 11 is 0. The van der Waals surface area contributed by atoms with Crippen LogP contribution in [0.15, 0.2) is 84.3 Å². The van der Waals surface area contributed by atoms with Gasteiger partial charge in [0.2, 0.25) is 0 Å². The second kappa shape index (κ2) is 9.61. The van der Waals surface area contributed by atoms with Gasteiger partial charge < -0.3 is 10.5 Å². The van der Waals surface area contributed by atoms with Crippen molar-refractivity contribution in [1.82, 2.24) is 10.3 Å². The van der Waals surface area contributed by atoms with Gasteiger partial charge >= 0.3 is 0 Å². The molecule has 0 saturated heterocycles. The molecule has 2 N–H and O–H groups in total. The Morgan fingerprint density at radius 1 is 1.13 bits per heavy atom. The van der Waals surface area contributed by atoms with E-state index in [1.165, 1.54) is 22.3 Å². The highest BCUT2D eigenvalue weighted by Crippen LogP contribution is 2.33. The van der Waals surface area contributed by atoms with Gasteiger partial charge in [-0.3, -0.25) is 4.98 Å². The summed E-state index contributed by atoms with van der Waals surface area (Å²) in [4.78, 5) is 4.27. The van der Waals surface area contributed by atoms with E-state index in [0.717, 1.165) is 24.2 Å². The Morgan fingerprint density at radius 3 is 2.61 bits per heavy atom. The maximum atomic E-state index is 9.85. The maximum Gasteiger partial charge on any atom is 0.0878 e. The van der Waals surface area contributed by atoms with E-state index in [9.17, 15) is 5.21 Å². The molecule has 4 heteroatoms. The van der Waals surface area contributed by atoms with Gasteiger partial charge in [0.25, 0.3) is 0 Å². The van der Waals surface area contributed by atoms with Gasteiger partial charge in [0.15, 0.2) is 0 Å². The third-order valence-corrected chi connectivity index (χ3v) is 6.12. The zero-order valence-electron chi connectivity index (χ0n) is 18.1. The fourth-order valence-corrected chi connectivity index (χ4v) is 4.38. The molecule has 1 aliphatic heterocycles. The molecule has 2 atom stereocenters. The van der Waals surface area contributed by atoms with Crippen LogP contribution < -0.4 is 5.32 Å². The van der Waals surface area contributed by atoms with Crippen LogP contribution in [0.2, 0.25) is 0 Å². The van der Waals surface area contributed by atoms with Crippen LogP contribution in [-0.2, 0) is 0 Å². The zero-order chi connectivity index (χ0) is 21.6. The lowest BCUT2D eigenvalue weighted by Gasteiger charge is -2.22. The lowest BCUT2D eigenvalue weighted by atomic mass is 9.82. The molecule has 2 unspecified atom stereocenters. The van der Waals surface area contributed by atoms with E-state index in [1.54, 1.807) is 6.20 Å². The molecule has 4 nitrogen and oxygen atoms in total. The van der Waals surface area contributed by atoms with E-state index < -0.39 is 0 Å². The van der Waals surface area contributed by atoms with Crippen LogP contribution in [0, 0.1) is 13.8 Å². The summed E-state index contributed by atoms with van der Waals surface area (Å²) in [5.74, 6) is 0.555. The van der Waals surface area contributed by atoms with E-state index in [-0.39, 0.29) is 5.92 Å². The van der Waals surface area contributed by atoms with Crippen molar-refractivity contribution in [1.29, 1.82) is 0 Å². The number of nitrogens with zero attached hydrogens (tertiary/aromatic N) is 2. The predicted molar refractivity (Wildman–Crippen MR) is 126 cm³/mol. The van der Waals surface area contributed by atoms with Crippen LogP contribution in [0.1, 0.15) is 58.2 Å². The molecule has 31 heavy (non-hydrogen) atoms. The van der Waals surface area contributed by atoms with Gasteiger partial charge in [-0.05, 0) is 60.9 Å². The Balaban J connectivity index is 1.69. The van der Waals surface area contributed by atoms with Crippen LogP contribution in [0.3, 0.4) is 0 Å². The highest BCUT2D eigenvalue weighted by molar-refractivity contribution is 6.00. The van der Waals surface area contributed by atoms with Crippen molar-refractivity contribution in [3.63, 3.8) is 0 Å². The van der Waals surface area contributed by atoms with Crippen molar-refractivity contribution in [3.05, 3.63) is 113 Å². The van der Waals surface area contributed by atoms with Crippen molar-refractivity contribution in [2.24, 2.45) is 5.16 Å². The number of nitrogens with one attached hydrogen (secondary N) is 1. The number of benzene rings is 2. The van der Waals surface area contributed by atoms with Gasteiger partial charge in [-0.15, -0.1) is 0 Å². The van der Waals surface area contributed by atoms with Crippen LogP contribution in [0.5, 0.6) is 0 Å². The molecule has 3 aromatic rings. The summed E-state index contributed by atoms with van der Waals surface area (Å²) in [5.41, 5.74) is 7.54. The molecule has 2 aromatic carbocycles. The summed E-state index contributed by atoms with van der Waals surface area (Å²) < 4.78 is 0. The molecule has 1 aliphatic rings. The average Bonchev–Trinajstić information content (AvgIpc) is 2.81. The van der Waals surface area contributed by atoms with Crippen molar-refractivity contribution in [3.8, 4) is 0 Å². The first kappa shape index (κ1) is 20.9. The highest BCUT2D eigenvalue weighted by atomic mass is 16.4. The second-order valence-electron chi connectivity index (χ2n) is 8.22. The zero-order valence-corrected chi connectivity index (χ0v) is 18.1. The number of allylic oxidation sites excluding steroid dienone is 1. The maximum absolute atomic E-state index is 9.85. The molecule has 0 amide bonds. The molecule has 2 heterocycles. The van der Waals surface area contributed by atoms with Crippen LogP contribution in [0.25, 0.3) is 0 Å². The summed E-state index contributed by atoms with van der Waals surface area (Å²) in [6.07, 6.45) is 7.77. The fourth-order valence-electron chi connectivity index (χ4n) is 4.38. The normalized spacial score (nSPS) is 17.2. The number of oxime groups is 1. The van der Waals surface area contributed by atoms with E-state index in [0.29, 0.717) is 18.1 Å². The molecular weight excluding hydrogens is 382 g/mol. The van der Waals surface area contributed by atoms with Crippen molar-refractivity contribution in [2.45, 2.75) is 38.5 Å². The number of hydrogen-bond donors (Lipinski definition) is 2. The monoisotopic (exact) mass is 411 g/mol. The number of aromatic nitrogens is 1. The molecule has 0 aliphatic carbocycles. The van der Waals surface area contributed by atoms with Crippen molar-refractivity contribution < 1.29 is 5.21 Å². The molecule has 4 rings (SSSR count). The number of pyridine rings is 1. The summed E-state index contributed by atoms with van der Waals surface area (Å²) in [7, 11) is 0. The van der Waals surface area contributed by atoms with Gasteiger partial charge in [0, 0.05) is 42.3 Å². The SMILES string of the molecule is Cc1cc(C(CC(c2ccc(C3C=CNCC3)cc2)c2ccccc2C)=NO)ccn1. The first-order valence-corrected chi connectivity index (χ1v) is 10.8. The average molecular weight is 412 g/mol. The third-order valence-electron chi connectivity index (χ3n) is 6.12. The van der Waals surface area contributed by atoms with Gasteiger partial charge in [-0.25, -0.2) is 0 Å². The van der Waals surface area contributed by atoms with Gasteiger partial charge in [-0.1, -0.05) is 59.8 Å². The standard InChI is InChI=1S/C27H29N3O/c1-19-5-3-4-6-25(19)26(18-27(30-31)24-13-16-29-20(2)17-24)23-9-7-21(8-10-23)22-11-14-28-15-12-22/h3-11,13-14,16-17,22,26,28,31H,12,15,18H2,1-2H3. The van der Waals surface area contributed by atoms with Crippen molar-refractivity contribution >= 4 is 5.71 Å². The summed E-state index contributed by atoms with van der Waals surface area (Å²) in [6.45, 7) is 5.10. The van der Waals surface area contributed by atoms with Crippen LogP contribution in [0.4, 0.5) is 0 Å². The topological polar surface area (TPSA) is 57.5 Å². The summed E-state index contributed by atoms with van der Waals surface area (Å²) in [6, 6.07) is 21.3. The highest BCUT2D eigenvalue weighted by Gasteiger charge is 2.21. The molecule has 0 fully saturated rings.